The Hall–Kier alpha value is -3.29. The van der Waals surface area contributed by atoms with Crippen molar-refractivity contribution in [2.45, 2.75) is 38.8 Å². The second-order valence-electron chi connectivity index (χ2n) is 7.31. The van der Waals surface area contributed by atoms with E-state index in [0.29, 0.717) is 16.9 Å². The van der Waals surface area contributed by atoms with Gasteiger partial charge in [-0.15, -0.1) is 0 Å². The van der Waals surface area contributed by atoms with Gasteiger partial charge in [0.2, 0.25) is 0 Å². The van der Waals surface area contributed by atoms with Crippen LogP contribution in [0.15, 0.2) is 58.8 Å². The molecule has 8 heteroatoms. The maximum absolute atomic E-state index is 14.0. The molecule has 4 heterocycles. The molecular weight excluding hydrogens is 371 g/mol. The van der Waals surface area contributed by atoms with Crippen LogP contribution in [-0.4, -0.2) is 45.9 Å². The number of nitrogens with zero attached hydrogens (tertiary/aromatic N) is 5. The van der Waals surface area contributed by atoms with Crippen molar-refractivity contribution in [3.63, 3.8) is 0 Å². The first kappa shape index (κ1) is 19.0. The Labute approximate surface area is 168 Å². The molecule has 1 amide bonds. The first-order valence-electron chi connectivity index (χ1n) is 9.62. The third kappa shape index (κ3) is 3.57. The van der Waals surface area contributed by atoms with Crippen molar-refractivity contribution in [2.75, 3.05) is 11.4 Å². The summed E-state index contributed by atoms with van der Waals surface area (Å²) in [4.78, 5) is 23.8. The average Bonchev–Trinajstić information content (AvgIpc) is 3.33. The molecule has 7 nitrogen and oxygen atoms in total. The van der Waals surface area contributed by atoms with Crippen LogP contribution in [0.2, 0.25) is 0 Å². The highest BCUT2D eigenvalue weighted by atomic mass is 19.1. The fourth-order valence-corrected chi connectivity index (χ4v) is 3.91. The highest BCUT2D eigenvalue weighted by molar-refractivity contribution is 6.00. The molecule has 2 aliphatic rings. The predicted molar refractivity (Wildman–Crippen MR) is 111 cm³/mol. The van der Waals surface area contributed by atoms with E-state index in [-0.39, 0.29) is 23.8 Å². The normalized spacial score (nSPS) is 26.5. The lowest BCUT2D eigenvalue weighted by Crippen LogP contribution is -2.32. The van der Waals surface area contributed by atoms with Crippen molar-refractivity contribution in [1.82, 2.24) is 19.9 Å². The molecule has 0 aliphatic carbocycles. The fourth-order valence-electron chi connectivity index (χ4n) is 3.91. The number of rotatable bonds is 2. The number of amides is 1. The largest absolute Gasteiger partial charge is 0.349 e. The topological polar surface area (TPSA) is 74.9 Å². The van der Waals surface area contributed by atoms with Crippen molar-refractivity contribution in [3.05, 3.63) is 59.3 Å². The zero-order valence-corrected chi connectivity index (χ0v) is 16.5. The Morgan fingerprint density at radius 3 is 3.07 bits per heavy atom. The minimum Gasteiger partial charge on any atom is -0.349 e. The van der Waals surface area contributed by atoms with E-state index in [0.717, 1.165) is 30.8 Å². The number of nitrogens with one attached hydrogen (secondary N) is 1. The minimum absolute atomic E-state index is 0.0908. The highest BCUT2D eigenvalue weighted by Gasteiger charge is 2.30. The van der Waals surface area contributed by atoms with Gasteiger partial charge in [-0.1, -0.05) is 6.08 Å². The molecule has 0 spiro atoms. The summed E-state index contributed by atoms with van der Waals surface area (Å²) >= 11 is 0. The molecule has 0 radical (unpaired) electrons. The van der Waals surface area contributed by atoms with Crippen molar-refractivity contribution in [1.29, 1.82) is 0 Å². The number of carbonyl (C=O) groups excluding carboxylic acids is 1. The molecule has 0 saturated carbocycles. The predicted octanol–water partition coefficient (Wildman–Crippen LogP) is 3.21. The number of carbonyl (C=O) groups is 1. The first-order valence-corrected chi connectivity index (χ1v) is 9.62. The van der Waals surface area contributed by atoms with Gasteiger partial charge in [0.25, 0.3) is 5.91 Å². The number of allylic oxidation sites excluding steroid dienone is 2. The van der Waals surface area contributed by atoms with E-state index < -0.39 is 0 Å². The summed E-state index contributed by atoms with van der Waals surface area (Å²) in [6.07, 6.45) is 10.2. The standard InChI is InChI=1S/C21H23FN6O/c1-13(22)11-15-17(23-3)7-6-14(2)25-21(29)16-12-24-28-10-8-19(26-20(16)28)27-9-4-5-18(15)27/h6-8,10-12,14,18H,3-5,9H2,1-2H3,(H,25,29)/b7-6-,13-11+,17-15+/t14-,18+/m1/s1. The first-order chi connectivity index (χ1) is 14.0. The number of aromatic nitrogens is 3. The molecule has 2 atom stereocenters. The van der Waals surface area contributed by atoms with Crippen LogP contribution in [0.25, 0.3) is 5.65 Å². The van der Waals surface area contributed by atoms with E-state index in [1.165, 1.54) is 19.2 Å². The molecule has 0 unspecified atom stereocenters. The third-order valence-corrected chi connectivity index (χ3v) is 5.23. The molecule has 29 heavy (non-hydrogen) atoms. The Morgan fingerprint density at radius 1 is 1.48 bits per heavy atom. The molecule has 1 N–H and O–H groups in total. The van der Waals surface area contributed by atoms with Crippen LogP contribution < -0.4 is 10.2 Å². The van der Waals surface area contributed by atoms with Gasteiger partial charge in [-0.2, -0.15) is 5.10 Å². The van der Waals surface area contributed by atoms with Crippen molar-refractivity contribution in [2.24, 2.45) is 4.99 Å². The van der Waals surface area contributed by atoms with E-state index >= 15 is 0 Å². The lowest BCUT2D eigenvalue weighted by atomic mass is 10.0. The van der Waals surface area contributed by atoms with Gasteiger partial charge in [0, 0.05) is 24.4 Å². The number of halogens is 1. The number of aliphatic imine (C=N–C) groups is 1. The Kier molecular flexibility index (Phi) is 5.00. The molecule has 2 bridgehead atoms. The van der Waals surface area contributed by atoms with E-state index in [1.807, 2.05) is 19.1 Å². The number of hydrogen-bond donors (Lipinski definition) is 1. The van der Waals surface area contributed by atoms with Gasteiger partial charge in [0.05, 0.1) is 23.8 Å². The van der Waals surface area contributed by atoms with Crippen molar-refractivity contribution >= 4 is 24.1 Å². The van der Waals surface area contributed by atoms with Crippen LogP contribution in [0, 0.1) is 0 Å². The lowest BCUT2D eigenvalue weighted by Gasteiger charge is -2.27. The smallest absolute Gasteiger partial charge is 0.257 e. The number of fused-ring (bicyclic) bond motifs is 3. The second-order valence-corrected chi connectivity index (χ2v) is 7.31. The van der Waals surface area contributed by atoms with Crippen molar-refractivity contribution in [3.8, 4) is 0 Å². The zero-order valence-electron chi connectivity index (χ0n) is 16.5. The van der Waals surface area contributed by atoms with E-state index in [2.05, 4.69) is 27.0 Å². The third-order valence-electron chi connectivity index (χ3n) is 5.23. The second kappa shape index (κ2) is 7.62. The Balaban J connectivity index is 1.95. The summed E-state index contributed by atoms with van der Waals surface area (Å²) in [5.41, 5.74) is 2.24. The van der Waals surface area contributed by atoms with Crippen LogP contribution in [-0.2, 0) is 0 Å². The van der Waals surface area contributed by atoms with Gasteiger partial charge in [-0.05, 0) is 51.6 Å². The number of anilines is 1. The van der Waals surface area contributed by atoms with Crippen LogP contribution in [0.1, 0.15) is 37.0 Å². The summed E-state index contributed by atoms with van der Waals surface area (Å²) in [6.45, 7) is 7.74. The van der Waals surface area contributed by atoms with E-state index in [9.17, 15) is 9.18 Å². The summed E-state index contributed by atoms with van der Waals surface area (Å²) < 4.78 is 15.5. The Bertz CT molecular complexity index is 1060. The van der Waals surface area contributed by atoms with E-state index in [4.69, 9.17) is 4.98 Å². The number of hydrogen-bond acceptors (Lipinski definition) is 5. The van der Waals surface area contributed by atoms with E-state index in [1.54, 1.807) is 16.8 Å². The van der Waals surface area contributed by atoms with Gasteiger partial charge in [-0.3, -0.25) is 9.79 Å². The molecule has 150 valence electrons. The van der Waals surface area contributed by atoms with Gasteiger partial charge in [-0.25, -0.2) is 13.9 Å². The van der Waals surface area contributed by atoms with Crippen LogP contribution >= 0.6 is 0 Å². The molecule has 1 saturated heterocycles. The van der Waals surface area contributed by atoms with Crippen LogP contribution in [0.5, 0.6) is 0 Å². The molecule has 1 fully saturated rings. The highest BCUT2D eigenvalue weighted by Crippen LogP contribution is 2.32. The molecule has 4 rings (SSSR count). The molecule has 2 aliphatic heterocycles. The quantitative estimate of drug-likeness (QED) is 0.794. The fraction of sp³-hybridized carbons (Fsp3) is 0.333. The van der Waals surface area contributed by atoms with Gasteiger partial charge in [0.15, 0.2) is 5.65 Å². The SMILES string of the molecule is C=NC1=C(\C=C(/C)F)[C@@H]2CCCN2c2ccn3ncc(c3n2)C(=O)N[C@H](C)/C=C\1. The monoisotopic (exact) mass is 394 g/mol. The molecule has 2 aromatic heterocycles. The van der Waals surface area contributed by atoms with Crippen LogP contribution in [0.3, 0.4) is 0 Å². The zero-order chi connectivity index (χ0) is 20.5. The van der Waals surface area contributed by atoms with Gasteiger partial charge >= 0.3 is 0 Å². The Morgan fingerprint density at radius 2 is 2.31 bits per heavy atom. The van der Waals surface area contributed by atoms with Crippen LogP contribution in [0.4, 0.5) is 10.2 Å². The molecule has 2 aromatic rings. The molecular formula is C21H23FN6O. The summed E-state index contributed by atoms with van der Waals surface area (Å²) in [5.74, 6) is 0.168. The maximum atomic E-state index is 14.0. The minimum atomic E-state index is -0.298. The summed E-state index contributed by atoms with van der Waals surface area (Å²) in [6, 6.07) is 1.50. The average molecular weight is 394 g/mol. The van der Waals surface area contributed by atoms with Crippen molar-refractivity contribution < 1.29 is 9.18 Å². The van der Waals surface area contributed by atoms with Gasteiger partial charge < -0.3 is 10.2 Å². The lowest BCUT2D eigenvalue weighted by molar-refractivity contribution is 0.0948. The molecule has 0 aromatic carbocycles. The summed E-state index contributed by atoms with van der Waals surface area (Å²) in [5, 5.41) is 7.16. The van der Waals surface area contributed by atoms with Gasteiger partial charge in [0.1, 0.15) is 11.4 Å². The maximum Gasteiger partial charge on any atom is 0.257 e. The summed E-state index contributed by atoms with van der Waals surface area (Å²) in [7, 11) is 0.